The van der Waals surface area contributed by atoms with Crippen molar-refractivity contribution in [3.8, 4) is 6.07 Å². The molecule has 2 aromatic carbocycles. The van der Waals surface area contributed by atoms with Crippen LogP contribution in [0.25, 0.3) is 10.8 Å². The molecule has 0 spiro atoms. The number of sulfonamides is 1. The molecular formula is C23H26N4O4S. The van der Waals surface area contributed by atoms with Gasteiger partial charge in [-0.3, -0.25) is 9.59 Å². The Morgan fingerprint density at radius 2 is 1.88 bits per heavy atom. The van der Waals surface area contributed by atoms with E-state index in [0.29, 0.717) is 19.4 Å². The minimum absolute atomic E-state index is 0.0873. The molecule has 1 aliphatic carbocycles. The first-order chi connectivity index (χ1) is 15.4. The van der Waals surface area contributed by atoms with E-state index in [1.807, 2.05) is 30.3 Å². The number of fused-ring (bicyclic) bond motifs is 1. The molecule has 0 aromatic heterocycles. The van der Waals surface area contributed by atoms with E-state index in [9.17, 15) is 23.3 Å². The molecule has 1 aliphatic heterocycles. The van der Waals surface area contributed by atoms with Crippen LogP contribution in [0, 0.1) is 23.2 Å². The molecule has 8 nitrogen and oxygen atoms in total. The number of benzene rings is 2. The Balaban J connectivity index is 1.48. The number of rotatable bonds is 9. The van der Waals surface area contributed by atoms with Gasteiger partial charge in [0.25, 0.3) is 0 Å². The number of nitriles is 1. The first-order valence-electron chi connectivity index (χ1n) is 10.8. The molecular weight excluding hydrogens is 428 g/mol. The summed E-state index contributed by atoms with van der Waals surface area (Å²) in [5.41, 5.74) is 0. The monoisotopic (exact) mass is 454 g/mol. The Labute approximate surface area is 187 Å². The van der Waals surface area contributed by atoms with Gasteiger partial charge < -0.3 is 10.6 Å². The summed E-state index contributed by atoms with van der Waals surface area (Å²) < 4.78 is 28.7. The third-order valence-corrected chi connectivity index (χ3v) is 7.54. The van der Waals surface area contributed by atoms with Crippen LogP contribution in [0.3, 0.4) is 0 Å². The van der Waals surface area contributed by atoms with Crippen molar-refractivity contribution in [2.45, 2.75) is 49.1 Å². The number of hydrogen-bond donors (Lipinski definition) is 3. The Hall–Kier alpha value is -2.96. The van der Waals surface area contributed by atoms with Gasteiger partial charge in [0.1, 0.15) is 12.1 Å². The Bertz CT molecular complexity index is 1170. The molecule has 9 heteroatoms. The predicted octanol–water partition coefficient (Wildman–Crippen LogP) is 1.82. The fraction of sp³-hybridized carbons (Fsp3) is 0.435. The van der Waals surface area contributed by atoms with Crippen LogP contribution in [0.15, 0.2) is 47.4 Å². The molecule has 1 saturated carbocycles. The van der Waals surface area contributed by atoms with Crippen molar-refractivity contribution in [2.24, 2.45) is 11.8 Å². The minimum Gasteiger partial charge on any atom is -0.356 e. The molecule has 2 fully saturated rings. The van der Waals surface area contributed by atoms with E-state index in [1.54, 1.807) is 12.1 Å². The second-order valence-corrected chi connectivity index (χ2v) is 10.3. The van der Waals surface area contributed by atoms with Gasteiger partial charge in [0.05, 0.1) is 11.0 Å². The Morgan fingerprint density at radius 1 is 1.12 bits per heavy atom. The SMILES string of the molecule is N#C[C@H](C[C@@H]1CCNC1=O)NC(=O)[C@H](CC1CC1)NS(=O)(=O)c1ccc2ccccc2c1. The van der Waals surface area contributed by atoms with Crippen LogP contribution < -0.4 is 15.4 Å². The summed E-state index contributed by atoms with van der Waals surface area (Å²) in [7, 11) is -3.95. The van der Waals surface area contributed by atoms with E-state index < -0.39 is 28.0 Å². The average Bonchev–Trinajstić information content (AvgIpc) is 3.52. The molecule has 2 aliphatic rings. The zero-order chi connectivity index (χ0) is 22.7. The van der Waals surface area contributed by atoms with Crippen LogP contribution in [0.1, 0.15) is 32.1 Å². The zero-order valence-corrected chi connectivity index (χ0v) is 18.4. The van der Waals surface area contributed by atoms with Crippen molar-refractivity contribution >= 4 is 32.6 Å². The molecule has 1 heterocycles. The van der Waals surface area contributed by atoms with Crippen molar-refractivity contribution in [1.82, 2.24) is 15.4 Å². The maximum atomic E-state index is 13.1. The molecule has 3 N–H and O–H groups in total. The summed E-state index contributed by atoms with van der Waals surface area (Å²) in [6.07, 6.45) is 3.10. The lowest BCUT2D eigenvalue weighted by molar-refractivity contribution is -0.125. The smallest absolute Gasteiger partial charge is 0.241 e. The normalized spacial score (nSPS) is 20.3. The lowest BCUT2D eigenvalue weighted by atomic mass is 9.98. The molecule has 168 valence electrons. The van der Waals surface area contributed by atoms with Crippen molar-refractivity contribution in [2.75, 3.05) is 6.54 Å². The van der Waals surface area contributed by atoms with Crippen LogP contribution in [0.2, 0.25) is 0 Å². The van der Waals surface area contributed by atoms with E-state index in [-0.39, 0.29) is 29.1 Å². The average molecular weight is 455 g/mol. The highest BCUT2D eigenvalue weighted by Gasteiger charge is 2.34. The Kier molecular flexibility index (Phi) is 6.44. The van der Waals surface area contributed by atoms with E-state index >= 15 is 0 Å². The molecule has 2 amide bonds. The highest BCUT2D eigenvalue weighted by Crippen LogP contribution is 2.34. The van der Waals surface area contributed by atoms with Gasteiger partial charge in [0.2, 0.25) is 21.8 Å². The summed E-state index contributed by atoms with van der Waals surface area (Å²) in [6.45, 7) is 0.561. The number of nitrogens with one attached hydrogen (secondary N) is 3. The number of nitrogens with zero attached hydrogens (tertiary/aromatic N) is 1. The highest BCUT2D eigenvalue weighted by molar-refractivity contribution is 7.89. The lowest BCUT2D eigenvalue weighted by Crippen LogP contribution is -2.50. The van der Waals surface area contributed by atoms with Gasteiger partial charge in [0.15, 0.2) is 0 Å². The van der Waals surface area contributed by atoms with Gasteiger partial charge in [0, 0.05) is 12.5 Å². The van der Waals surface area contributed by atoms with Gasteiger partial charge in [-0.25, -0.2) is 8.42 Å². The van der Waals surface area contributed by atoms with Crippen LogP contribution in [-0.4, -0.2) is 38.9 Å². The summed E-state index contributed by atoms with van der Waals surface area (Å²) in [6, 6.07) is 12.5. The third kappa shape index (κ3) is 5.26. The van der Waals surface area contributed by atoms with E-state index in [0.717, 1.165) is 23.6 Å². The molecule has 4 rings (SSSR count). The summed E-state index contributed by atoms with van der Waals surface area (Å²) in [4.78, 5) is 24.9. The minimum atomic E-state index is -3.95. The number of amides is 2. The molecule has 1 saturated heterocycles. The summed E-state index contributed by atoms with van der Waals surface area (Å²) in [5, 5.41) is 16.5. The number of hydrogen-bond acceptors (Lipinski definition) is 5. The molecule has 3 atom stereocenters. The molecule has 0 bridgehead atoms. The number of carbonyl (C=O) groups is 2. The lowest BCUT2D eigenvalue weighted by Gasteiger charge is -2.21. The molecule has 0 radical (unpaired) electrons. The maximum Gasteiger partial charge on any atom is 0.241 e. The first kappa shape index (κ1) is 22.2. The third-order valence-electron chi connectivity index (χ3n) is 6.07. The maximum absolute atomic E-state index is 13.1. The van der Waals surface area contributed by atoms with Gasteiger partial charge in [-0.2, -0.15) is 9.98 Å². The van der Waals surface area contributed by atoms with Crippen LogP contribution in [0.5, 0.6) is 0 Å². The van der Waals surface area contributed by atoms with Gasteiger partial charge in [-0.05, 0) is 48.1 Å². The summed E-state index contributed by atoms with van der Waals surface area (Å²) in [5.74, 6) is -0.695. The van der Waals surface area contributed by atoms with Gasteiger partial charge in [-0.1, -0.05) is 43.2 Å². The molecule has 0 unspecified atom stereocenters. The fourth-order valence-electron chi connectivity index (χ4n) is 4.06. The quantitative estimate of drug-likeness (QED) is 0.532. The van der Waals surface area contributed by atoms with Crippen LogP contribution in [-0.2, 0) is 19.6 Å². The Morgan fingerprint density at radius 3 is 2.53 bits per heavy atom. The first-order valence-corrected chi connectivity index (χ1v) is 12.3. The summed E-state index contributed by atoms with van der Waals surface area (Å²) >= 11 is 0. The van der Waals surface area contributed by atoms with Crippen LogP contribution in [0.4, 0.5) is 0 Å². The van der Waals surface area contributed by atoms with Crippen molar-refractivity contribution < 1.29 is 18.0 Å². The highest BCUT2D eigenvalue weighted by atomic mass is 32.2. The largest absolute Gasteiger partial charge is 0.356 e. The van der Waals surface area contributed by atoms with Gasteiger partial charge >= 0.3 is 0 Å². The topological polar surface area (TPSA) is 128 Å². The molecule has 32 heavy (non-hydrogen) atoms. The zero-order valence-electron chi connectivity index (χ0n) is 17.6. The molecule has 2 aromatic rings. The van der Waals surface area contributed by atoms with Crippen molar-refractivity contribution in [3.63, 3.8) is 0 Å². The van der Waals surface area contributed by atoms with E-state index in [4.69, 9.17) is 0 Å². The second kappa shape index (κ2) is 9.27. The van der Waals surface area contributed by atoms with Crippen molar-refractivity contribution in [1.29, 1.82) is 5.26 Å². The second-order valence-electron chi connectivity index (χ2n) is 8.56. The van der Waals surface area contributed by atoms with Crippen molar-refractivity contribution in [3.05, 3.63) is 42.5 Å². The fourth-order valence-corrected chi connectivity index (χ4v) is 5.30. The van der Waals surface area contributed by atoms with E-state index in [2.05, 4.69) is 15.4 Å². The van der Waals surface area contributed by atoms with Gasteiger partial charge in [-0.15, -0.1) is 0 Å². The standard InChI is InChI=1S/C23H26N4O4S/c24-14-19(12-18-9-10-25-22(18)28)26-23(29)21(11-15-5-6-15)27-32(30,31)20-8-7-16-3-1-2-4-17(16)13-20/h1-4,7-8,13,15,18-19,21,27H,5-6,9-12H2,(H,25,28)(H,26,29)/t18-,19-,21-/m0/s1. The van der Waals surface area contributed by atoms with E-state index in [1.165, 1.54) is 6.07 Å². The van der Waals surface area contributed by atoms with Crippen LogP contribution >= 0.6 is 0 Å². The predicted molar refractivity (Wildman–Crippen MR) is 119 cm³/mol. The number of carbonyl (C=O) groups excluding carboxylic acids is 2.